The second kappa shape index (κ2) is 8.58. The summed E-state index contributed by atoms with van der Waals surface area (Å²) in [6.45, 7) is 3.35. The molecule has 1 saturated heterocycles. The SMILES string of the molecule is Clc1ccc2[nH]cc(C3CCN(CCc4cnn(-c5cccc(Br)c5)c4)CC3)c2c1. The van der Waals surface area contributed by atoms with Crippen LogP contribution in [0.25, 0.3) is 16.6 Å². The fraction of sp³-hybridized carbons (Fsp3) is 0.292. The second-order valence-electron chi connectivity index (χ2n) is 8.07. The Morgan fingerprint density at radius 1 is 1.13 bits per heavy atom. The first-order valence-electron chi connectivity index (χ1n) is 10.4. The van der Waals surface area contributed by atoms with Gasteiger partial charge in [-0.05, 0) is 85.8 Å². The molecule has 1 N–H and O–H groups in total. The number of nitrogens with one attached hydrogen (secondary N) is 1. The fourth-order valence-corrected chi connectivity index (χ4v) is 5.02. The van der Waals surface area contributed by atoms with Crippen LogP contribution in [-0.4, -0.2) is 39.3 Å². The van der Waals surface area contributed by atoms with Gasteiger partial charge in [-0.1, -0.05) is 33.6 Å². The third-order valence-corrected chi connectivity index (χ3v) is 6.86. The van der Waals surface area contributed by atoms with Crippen LogP contribution in [-0.2, 0) is 6.42 Å². The molecule has 1 fully saturated rings. The number of H-pyrrole nitrogens is 1. The number of hydrogen-bond acceptors (Lipinski definition) is 2. The molecule has 154 valence electrons. The molecule has 0 unspecified atom stereocenters. The highest BCUT2D eigenvalue weighted by molar-refractivity contribution is 9.10. The van der Waals surface area contributed by atoms with Crippen molar-refractivity contribution >= 4 is 38.4 Å². The average Bonchev–Trinajstić information content (AvgIpc) is 3.40. The number of nitrogens with zero attached hydrogens (tertiary/aromatic N) is 3. The largest absolute Gasteiger partial charge is 0.361 e. The van der Waals surface area contributed by atoms with E-state index in [9.17, 15) is 0 Å². The number of fused-ring (bicyclic) bond motifs is 1. The first-order chi connectivity index (χ1) is 14.7. The highest BCUT2D eigenvalue weighted by Gasteiger charge is 2.22. The lowest BCUT2D eigenvalue weighted by Crippen LogP contribution is -2.34. The predicted octanol–water partition coefficient (Wildman–Crippen LogP) is 6.19. The number of benzene rings is 2. The Hall–Kier alpha value is -2.08. The summed E-state index contributed by atoms with van der Waals surface area (Å²) in [5.74, 6) is 0.604. The Kier molecular flexibility index (Phi) is 5.68. The molecule has 0 atom stereocenters. The van der Waals surface area contributed by atoms with Crippen molar-refractivity contribution in [1.82, 2.24) is 19.7 Å². The molecule has 6 heteroatoms. The maximum Gasteiger partial charge on any atom is 0.0656 e. The van der Waals surface area contributed by atoms with E-state index >= 15 is 0 Å². The number of halogens is 2. The van der Waals surface area contributed by atoms with Gasteiger partial charge < -0.3 is 9.88 Å². The Morgan fingerprint density at radius 2 is 2.00 bits per heavy atom. The van der Waals surface area contributed by atoms with E-state index in [1.54, 1.807) is 0 Å². The Balaban J connectivity index is 1.17. The van der Waals surface area contributed by atoms with Crippen molar-refractivity contribution in [1.29, 1.82) is 0 Å². The van der Waals surface area contributed by atoms with E-state index in [0.717, 1.165) is 41.2 Å². The molecule has 30 heavy (non-hydrogen) atoms. The lowest BCUT2D eigenvalue weighted by atomic mass is 9.89. The number of likely N-dealkylation sites (tertiary alicyclic amines) is 1. The molecule has 0 amide bonds. The van der Waals surface area contributed by atoms with E-state index in [1.165, 1.54) is 34.9 Å². The highest BCUT2D eigenvalue weighted by Crippen LogP contribution is 2.34. The molecule has 5 rings (SSSR count). The highest BCUT2D eigenvalue weighted by atomic mass is 79.9. The molecule has 0 bridgehead atoms. The summed E-state index contributed by atoms with van der Waals surface area (Å²) in [5.41, 5.74) is 4.96. The smallest absolute Gasteiger partial charge is 0.0656 e. The molecule has 4 nitrogen and oxygen atoms in total. The molecule has 0 aliphatic carbocycles. The summed E-state index contributed by atoms with van der Waals surface area (Å²) in [6.07, 6.45) is 9.72. The second-order valence-corrected chi connectivity index (χ2v) is 9.42. The van der Waals surface area contributed by atoms with Gasteiger partial charge in [0.15, 0.2) is 0 Å². The summed E-state index contributed by atoms with van der Waals surface area (Å²) < 4.78 is 3.02. The number of aromatic amines is 1. The molecule has 1 aliphatic rings. The third-order valence-electron chi connectivity index (χ3n) is 6.13. The maximum atomic E-state index is 6.23. The molecule has 3 heterocycles. The van der Waals surface area contributed by atoms with E-state index in [2.05, 4.69) is 67.6 Å². The van der Waals surface area contributed by atoms with E-state index < -0.39 is 0 Å². The Morgan fingerprint density at radius 3 is 2.83 bits per heavy atom. The minimum absolute atomic E-state index is 0.604. The molecule has 1 aliphatic heterocycles. The van der Waals surface area contributed by atoms with Gasteiger partial charge in [0, 0.05) is 39.3 Å². The number of rotatable bonds is 5. The Labute approximate surface area is 190 Å². The van der Waals surface area contributed by atoms with Gasteiger partial charge in [-0.25, -0.2) is 4.68 Å². The van der Waals surface area contributed by atoms with Gasteiger partial charge in [-0.2, -0.15) is 5.10 Å². The van der Waals surface area contributed by atoms with Crippen LogP contribution in [0.15, 0.2) is 65.5 Å². The fourth-order valence-electron chi connectivity index (χ4n) is 4.46. The molecular formula is C24H24BrClN4. The monoisotopic (exact) mass is 482 g/mol. The van der Waals surface area contributed by atoms with Crippen molar-refractivity contribution in [3.8, 4) is 5.69 Å². The minimum atomic E-state index is 0.604. The van der Waals surface area contributed by atoms with Crippen LogP contribution in [0, 0.1) is 0 Å². The van der Waals surface area contributed by atoms with Crippen molar-refractivity contribution in [3.05, 3.63) is 81.7 Å². The summed E-state index contributed by atoms with van der Waals surface area (Å²) >= 11 is 9.75. The standard InChI is InChI=1S/C24H24BrClN4/c25-19-2-1-3-21(12-19)30-16-17(14-28-30)6-9-29-10-7-18(8-11-29)23-15-27-24-5-4-20(26)13-22(23)24/h1-5,12-16,18,27H,6-11H2. The number of aromatic nitrogens is 3. The Bertz CT molecular complexity index is 1160. The normalized spacial score (nSPS) is 15.8. The minimum Gasteiger partial charge on any atom is -0.361 e. The number of hydrogen-bond donors (Lipinski definition) is 1. The zero-order valence-electron chi connectivity index (χ0n) is 16.7. The topological polar surface area (TPSA) is 36.9 Å². The predicted molar refractivity (Wildman–Crippen MR) is 127 cm³/mol. The van der Waals surface area contributed by atoms with E-state index in [4.69, 9.17) is 11.6 Å². The molecule has 0 radical (unpaired) electrons. The van der Waals surface area contributed by atoms with Gasteiger partial charge in [-0.3, -0.25) is 0 Å². The third kappa shape index (κ3) is 4.20. The van der Waals surface area contributed by atoms with Crippen LogP contribution in [0.1, 0.15) is 29.9 Å². The van der Waals surface area contributed by atoms with Crippen LogP contribution in [0.3, 0.4) is 0 Å². The summed E-state index contributed by atoms with van der Waals surface area (Å²) in [6, 6.07) is 14.3. The summed E-state index contributed by atoms with van der Waals surface area (Å²) in [5, 5.41) is 6.62. The van der Waals surface area contributed by atoms with Gasteiger partial charge in [0.1, 0.15) is 0 Å². The van der Waals surface area contributed by atoms with Crippen LogP contribution in [0.2, 0.25) is 5.02 Å². The zero-order valence-corrected chi connectivity index (χ0v) is 19.0. The van der Waals surface area contributed by atoms with E-state index in [1.807, 2.05) is 29.1 Å². The number of piperidine rings is 1. The van der Waals surface area contributed by atoms with Gasteiger partial charge in [-0.15, -0.1) is 0 Å². The molecule has 0 saturated carbocycles. The van der Waals surface area contributed by atoms with Crippen molar-refractivity contribution in [3.63, 3.8) is 0 Å². The van der Waals surface area contributed by atoms with E-state index in [-0.39, 0.29) is 0 Å². The first-order valence-corrected chi connectivity index (χ1v) is 11.6. The van der Waals surface area contributed by atoms with Crippen molar-refractivity contribution in [2.75, 3.05) is 19.6 Å². The zero-order chi connectivity index (χ0) is 20.5. The van der Waals surface area contributed by atoms with Crippen molar-refractivity contribution in [2.24, 2.45) is 0 Å². The van der Waals surface area contributed by atoms with Gasteiger partial charge in [0.25, 0.3) is 0 Å². The molecule has 0 spiro atoms. The molecular weight excluding hydrogens is 460 g/mol. The summed E-state index contributed by atoms with van der Waals surface area (Å²) in [7, 11) is 0. The van der Waals surface area contributed by atoms with Crippen LogP contribution < -0.4 is 0 Å². The summed E-state index contributed by atoms with van der Waals surface area (Å²) in [4.78, 5) is 5.98. The van der Waals surface area contributed by atoms with Gasteiger partial charge in [0.2, 0.25) is 0 Å². The maximum absolute atomic E-state index is 6.23. The van der Waals surface area contributed by atoms with Crippen LogP contribution in [0.5, 0.6) is 0 Å². The van der Waals surface area contributed by atoms with Gasteiger partial charge in [0.05, 0.1) is 11.9 Å². The molecule has 2 aromatic carbocycles. The van der Waals surface area contributed by atoms with Gasteiger partial charge >= 0.3 is 0 Å². The molecule has 2 aromatic heterocycles. The lowest BCUT2D eigenvalue weighted by Gasteiger charge is -2.31. The van der Waals surface area contributed by atoms with Crippen molar-refractivity contribution in [2.45, 2.75) is 25.2 Å². The van der Waals surface area contributed by atoms with Crippen molar-refractivity contribution < 1.29 is 0 Å². The average molecular weight is 484 g/mol. The first kappa shape index (κ1) is 19.9. The quantitative estimate of drug-likeness (QED) is 0.367. The lowest BCUT2D eigenvalue weighted by molar-refractivity contribution is 0.215. The van der Waals surface area contributed by atoms with Crippen LogP contribution >= 0.6 is 27.5 Å². The van der Waals surface area contributed by atoms with Crippen LogP contribution in [0.4, 0.5) is 0 Å². The molecule has 4 aromatic rings. The van der Waals surface area contributed by atoms with E-state index in [0.29, 0.717) is 5.92 Å².